The van der Waals surface area contributed by atoms with Crippen LogP contribution in [0.4, 0.5) is 0 Å². The molecular weight excluding hydrogens is 202 g/mol. The van der Waals surface area contributed by atoms with Crippen LogP contribution in [-0.2, 0) is 0 Å². The Morgan fingerprint density at radius 1 is 0.800 bits per heavy atom. The van der Waals surface area contributed by atoms with Crippen LogP contribution in [0.15, 0.2) is 59.5 Å². The second kappa shape index (κ2) is 4.68. The van der Waals surface area contributed by atoms with E-state index < -0.39 is 0 Å². The second-order valence-electron chi connectivity index (χ2n) is 3.08. The molecule has 1 nitrogen and oxygen atoms in total. The van der Waals surface area contributed by atoms with E-state index in [0.717, 1.165) is 4.90 Å². The van der Waals surface area contributed by atoms with Gasteiger partial charge in [-0.2, -0.15) is 5.26 Å². The van der Waals surface area contributed by atoms with Crippen molar-refractivity contribution in [2.75, 3.05) is 0 Å². The molecule has 0 radical (unpaired) electrons. The minimum absolute atomic E-state index is 0.984. The third kappa shape index (κ3) is 2.39. The zero-order valence-corrected chi connectivity index (χ0v) is 8.87. The highest BCUT2D eigenvalue weighted by molar-refractivity contribution is 8.03. The Morgan fingerprint density at radius 3 is 2.00 bits per heavy atom. The van der Waals surface area contributed by atoms with Crippen molar-refractivity contribution in [3.05, 3.63) is 54.6 Å². The van der Waals surface area contributed by atoms with Crippen LogP contribution in [0.3, 0.4) is 0 Å². The first-order valence-electron chi connectivity index (χ1n) is 4.61. The van der Waals surface area contributed by atoms with Gasteiger partial charge in [-0.1, -0.05) is 42.5 Å². The highest BCUT2D eigenvalue weighted by Crippen LogP contribution is 2.23. The van der Waals surface area contributed by atoms with Crippen LogP contribution < -0.4 is 0 Å². The lowest BCUT2D eigenvalue weighted by Crippen LogP contribution is -1.76. The summed E-state index contributed by atoms with van der Waals surface area (Å²) in [7, 11) is 0. The molecule has 0 unspecified atom stereocenters. The smallest absolute Gasteiger partial charge is 0.138 e. The minimum Gasteiger partial charge on any atom is -0.185 e. The van der Waals surface area contributed by atoms with Gasteiger partial charge in [-0.15, -0.1) is 0 Å². The SMILES string of the molecule is N#CSc1ccc(-c2ccccc2)cc1. The molecule has 0 aromatic heterocycles. The number of nitriles is 1. The molecule has 2 aromatic carbocycles. The van der Waals surface area contributed by atoms with E-state index in [2.05, 4.69) is 17.5 Å². The van der Waals surface area contributed by atoms with Gasteiger partial charge in [-0.3, -0.25) is 0 Å². The predicted molar refractivity (Wildman–Crippen MR) is 63.3 cm³/mol. The van der Waals surface area contributed by atoms with Crippen LogP contribution >= 0.6 is 11.8 Å². The van der Waals surface area contributed by atoms with Gasteiger partial charge in [0.25, 0.3) is 0 Å². The zero-order chi connectivity index (χ0) is 10.5. The number of benzene rings is 2. The summed E-state index contributed by atoms with van der Waals surface area (Å²) < 4.78 is 0. The molecule has 0 aliphatic carbocycles. The first kappa shape index (κ1) is 9.82. The van der Waals surface area contributed by atoms with Crippen LogP contribution in [0.25, 0.3) is 11.1 Å². The van der Waals surface area contributed by atoms with Crippen molar-refractivity contribution in [3.8, 4) is 16.5 Å². The highest BCUT2D eigenvalue weighted by Gasteiger charge is 1.96. The molecule has 15 heavy (non-hydrogen) atoms. The normalized spacial score (nSPS) is 9.53. The first-order valence-corrected chi connectivity index (χ1v) is 5.43. The predicted octanol–water partition coefficient (Wildman–Crippen LogP) is 3.93. The summed E-state index contributed by atoms with van der Waals surface area (Å²) in [6.07, 6.45) is 0. The van der Waals surface area contributed by atoms with Gasteiger partial charge < -0.3 is 0 Å². The maximum absolute atomic E-state index is 8.52. The Bertz CT molecular complexity index is 468. The van der Waals surface area contributed by atoms with E-state index in [4.69, 9.17) is 5.26 Å². The third-order valence-electron chi connectivity index (χ3n) is 2.12. The Hall–Kier alpha value is -1.72. The van der Waals surface area contributed by atoms with E-state index in [1.54, 1.807) is 0 Å². The largest absolute Gasteiger partial charge is 0.185 e. The van der Waals surface area contributed by atoms with E-state index >= 15 is 0 Å². The van der Waals surface area contributed by atoms with Crippen molar-refractivity contribution in [1.82, 2.24) is 0 Å². The van der Waals surface area contributed by atoms with E-state index in [1.165, 1.54) is 22.9 Å². The number of rotatable bonds is 2. The lowest BCUT2D eigenvalue weighted by molar-refractivity contribution is 1.46. The number of thiocyanates is 1. The van der Waals surface area contributed by atoms with Gasteiger partial charge in [0.15, 0.2) is 0 Å². The Labute approximate surface area is 93.4 Å². The Balaban J connectivity index is 2.29. The summed E-state index contributed by atoms with van der Waals surface area (Å²) in [6, 6.07) is 18.2. The van der Waals surface area contributed by atoms with E-state index in [-0.39, 0.29) is 0 Å². The molecule has 0 aliphatic rings. The van der Waals surface area contributed by atoms with Gasteiger partial charge in [0.2, 0.25) is 0 Å². The molecule has 0 bridgehead atoms. The van der Waals surface area contributed by atoms with Crippen molar-refractivity contribution in [1.29, 1.82) is 5.26 Å². The fourth-order valence-electron chi connectivity index (χ4n) is 1.40. The maximum atomic E-state index is 8.52. The summed E-state index contributed by atoms with van der Waals surface area (Å²) in [5.74, 6) is 0. The monoisotopic (exact) mass is 211 g/mol. The van der Waals surface area contributed by atoms with Gasteiger partial charge in [-0.05, 0) is 35.0 Å². The van der Waals surface area contributed by atoms with Gasteiger partial charge in [-0.25, -0.2) is 0 Å². The standard InChI is InChI=1S/C13H9NS/c14-10-15-13-8-6-12(7-9-13)11-4-2-1-3-5-11/h1-9H. The van der Waals surface area contributed by atoms with Crippen LogP contribution in [0.1, 0.15) is 0 Å². The molecule has 0 atom stereocenters. The van der Waals surface area contributed by atoms with Gasteiger partial charge in [0.1, 0.15) is 5.40 Å². The molecule has 0 aliphatic heterocycles. The average molecular weight is 211 g/mol. The molecule has 2 rings (SSSR count). The summed E-state index contributed by atoms with van der Waals surface area (Å²) in [5, 5.41) is 10.6. The van der Waals surface area contributed by atoms with Crippen molar-refractivity contribution >= 4 is 11.8 Å². The van der Waals surface area contributed by atoms with Crippen LogP contribution in [0.2, 0.25) is 0 Å². The molecular formula is C13H9NS. The zero-order valence-electron chi connectivity index (χ0n) is 8.05. The minimum atomic E-state index is 0.984. The maximum Gasteiger partial charge on any atom is 0.138 e. The summed E-state index contributed by atoms with van der Waals surface area (Å²) >= 11 is 1.18. The Kier molecular flexibility index (Phi) is 3.06. The number of hydrogen-bond acceptors (Lipinski definition) is 2. The highest BCUT2D eigenvalue weighted by atomic mass is 32.2. The number of nitrogens with zero attached hydrogens (tertiary/aromatic N) is 1. The fourth-order valence-corrected chi connectivity index (χ4v) is 1.78. The molecule has 0 amide bonds. The van der Waals surface area contributed by atoms with E-state index in [9.17, 15) is 0 Å². The van der Waals surface area contributed by atoms with Gasteiger partial charge in [0, 0.05) is 4.90 Å². The summed E-state index contributed by atoms with van der Waals surface area (Å²) in [6.45, 7) is 0. The van der Waals surface area contributed by atoms with Crippen LogP contribution in [-0.4, -0.2) is 0 Å². The molecule has 0 saturated carbocycles. The van der Waals surface area contributed by atoms with E-state index in [0.29, 0.717) is 0 Å². The molecule has 0 N–H and O–H groups in total. The summed E-state index contributed by atoms with van der Waals surface area (Å²) in [4.78, 5) is 0.984. The summed E-state index contributed by atoms with van der Waals surface area (Å²) in [5.41, 5.74) is 2.38. The van der Waals surface area contributed by atoms with Gasteiger partial charge >= 0.3 is 0 Å². The van der Waals surface area contributed by atoms with Crippen molar-refractivity contribution < 1.29 is 0 Å². The number of hydrogen-bond donors (Lipinski definition) is 0. The topological polar surface area (TPSA) is 23.8 Å². The third-order valence-corrected chi connectivity index (χ3v) is 2.72. The molecule has 0 spiro atoms. The number of thioether (sulfide) groups is 1. The molecule has 2 heteroatoms. The molecule has 0 heterocycles. The van der Waals surface area contributed by atoms with Gasteiger partial charge in [0.05, 0.1) is 0 Å². The molecule has 0 fully saturated rings. The quantitative estimate of drug-likeness (QED) is 0.555. The lowest BCUT2D eigenvalue weighted by Gasteiger charge is -2.01. The molecule has 2 aromatic rings. The first-order chi connectivity index (χ1) is 7.40. The second-order valence-corrected chi connectivity index (χ2v) is 3.94. The van der Waals surface area contributed by atoms with Crippen LogP contribution in [0, 0.1) is 10.7 Å². The van der Waals surface area contributed by atoms with Crippen molar-refractivity contribution in [3.63, 3.8) is 0 Å². The van der Waals surface area contributed by atoms with E-state index in [1.807, 2.05) is 42.5 Å². The average Bonchev–Trinajstić information content (AvgIpc) is 2.32. The fraction of sp³-hybridized carbons (Fsp3) is 0. The van der Waals surface area contributed by atoms with Crippen molar-refractivity contribution in [2.45, 2.75) is 4.90 Å². The van der Waals surface area contributed by atoms with Crippen LogP contribution in [0.5, 0.6) is 0 Å². The van der Waals surface area contributed by atoms with Crippen molar-refractivity contribution in [2.24, 2.45) is 0 Å². The molecule has 72 valence electrons. The Morgan fingerprint density at radius 2 is 1.40 bits per heavy atom. The molecule has 0 saturated heterocycles. The lowest BCUT2D eigenvalue weighted by atomic mass is 10.1.